The highest BCUT2D eigenvalue weighted by Gasteiger charge is 2.25. The third-order valence-corrected chi connectivity index (χ3v) is 4.41. The van der Waals surface area contributed by atoms with E-state index in [4.69, 9.17) is 0 Å². The molecular weight excluding hydrogens is 354 g/mol. The molecule has 2 rings (SSSR count). The van der Waals surface area contributed by atoms with E-state index in [0.29, 0.717) is 37.7 Å². The average Bonchev–Trinajstić information content (AvgIpc) is 3.09. The molecule has 0 amide bonds. The van der Waals surface area contributed by atoms with Crippen LogP contribution in [-0.4, -0.2) is 51.3 Å². The van der Waals surface area contributed by atoms with Crippen molar-refractivity contribution in [2.45, 2.75) is 38.6 Å². The number of anilines is 1. The summed E-state index contributed by atoms with van der Waals surface area (Å²) < 4.78 is 31.7. The van der Waals surface area contributed by atoms with Gasteiger partial charge in [0, 0.05) is 44.7 Å². The number of benzene rings is 1. The van der Waals surface area contributed by atoms with Gasteiger partial charge in [-0.1, -0.05) is 0 Å². The SMILES string of the molecule is CCNC(=NCCCCC(=O)OC)NC1CCN(c2ccc(F)cc2F)C1. The van der Waals surface area contributed by atoms with Crippen LogP contribution in [0.2, 0.25) is 0 Å². The molecule has 2 N–H and O–H groups in total. The number of nitrogens with zero attached hydrogens (tertiary/aromatic N) is 2. The van der Waals surface area contributed by atoms with Gasteiger partial charge in [-0.25, -0.2) is 8.78 Å². The number of unbranched alkanes of at least 4 members (excludes halogenated alkanes) is 1. The maximum absolute atomic E-state index is 14.0. The predicted molar refractivity (Wildman–Crippen MR) is 102 cm³/mol. The summed E-state index contributed by atoms with van der Waals surface area (Å²) in [6.45, 7) is 4.64. The maximum Gasteiger partial charge on any atom is 0.305 e. The molecular formula is C19H28F2N4O2. The second kappa shape index (κ2) is 10.7. The van der Waals surface area contributed by atoms with E-state index >= 15 is 0 Å². The van der Waals surface area contributed by atoms with Crippen LogP contribution in [0.25, 0.3) is 0 Å². The Morgan fingerprint density at radius 2 is 2.19 bits per heavy atom. The van der Waals surface area contributed by atoms with Gasteiger partial charge in [-0.2, -0.15) is 0 Å². The first-order valence-corrected chi connectivity index (χ1v) is 9.35. The van der Waals surface area contributed by atoms with Crippen LogP contribution in [-0.2, 0) is 9.53 Å². The molecule has 1 fully saturated rings. The van der Waals surface area contributed by atoms with Crippen molar-refractivity contribution in [2.75, 3.05) is 38.2 Å². The van der Waals surface area contributed by atoms with E-state index in [0.717, 1.165) is 31.9 Å². The van der Waals surface area contributed by atoms with Gasteiger partial charge < -0.3 is 20.3 Å². The number of esters is 1. The van der Waals surface area contributed by atoms with Crippen molar-refractivity contribution in [3.8, 4) is 0 Å². The molecule has 0 spiro atoms. The van der Waals surface area contributed by atoms with Crippen LogP contribution < -0.4 is 15.5 Å². The molecule has 1 aliphatic rings. The second-order valence-corrected chi connectivity index (χ2v) is 6.47. The van der Waals surface area contributed by atoms with E-state index in [1.54, 1.807) is 0 Å². The number of rotatable bonds is 8. The van der Waals surface area contributed by atoms with Crippen LogP contribution in [0.5, 0.6) is 0 Å². The van der Waals surface area contributed by atoms with E-state index in [2.05, 4.69) is 20.4 Å². The zero-order valence-electron chi connectivity index (χ0n) is 15.9. The van der Waals surface area contributed by atoms with E-state index < -0.39 is 11.6 Å². The molecule has 27 heavy (non-hydrogen) atoms. The van der Waals surface area contributed by atoms with Gasteiger partial charge in [0.25, 0.3) is 0 Å². The first-order chi connectivity index (χ1) is 13.0. The number of carbonyl (C=O) groups excluding carboxylic acids is 1. The van der Waals surface area contributed by atoms with Gasteiger partial charge in [0.2, 0.25) is 0 Å². The molecule has 0 aromatic heterocycles. The minimum atomic E-state index is -0.570. The van der Waals surface area contributed by atoms with Crippen molar-refractivity contribution in [3.05, 3.63) is 29.8 Å². The third kappa shape index (κ3) is 6.69. The van der Waals surface area contributed by atoms with E-state index in [1.165, 1.54) is 19.2 Å². The quantitative estimate of drug-likeness (QED) is 0.313. The van der Waals surface area contributed by atoms with Gasteiger partial charge in [0.05, 0.1) is 12.8 Å². The molecule has 1 aliphatic heterocycles. The van der Waals surface area contributed by atoms with Gasteiger partial charge in [-0.05, 0) is 38.3 Å². The van der Waals surface area contributed by atoms with Crippen LogP contribution in [0.4, 0.5) is 14.5 Å². The van der Waals surface area contributed by atoms with E-state index in [-0.39, 0.29) is 12.0 Å². The number of carbonyl (C=O) groups is 1. The number of halogens is 2. The van der Waals surface area contributed by atoms with Gasteiger partial charge in [0.15, 0.2) is 5.96 Å². The van der Waals surface area contributed by atoms with Crippen molar-refractivity contribution in [3.63, 3.8) is 0 Å². The minimum absolute atomic E-state index is 0.127. The standard InChI is InChI=1S/C19H28F2N4O2/c1-3-22-19(23-10-5-4-6-18(26)27-2)24-15-9-11-25(13-15)17-8-7-14(20)12-16(17)21/h7-8,12,15H,3-6,9-11,13H2,1-2H3,(H2,22,23,24). The lowest BCUT2D eigenvalue weighted by Gasteiger charge is -2.21. The van der Waals surface area contributed by atoms with Crippen LogP contribution in [0.15, 0.2) is 23.2 Å². The number of hydrogen-bond donors (Lipinski definition) is 2. The number of guanidine groups is 1. The Bertz CT molecular complexity index is 655. The van der Waals surface area contributed by atoms with Gasteiger partial charge >= 0.3 is 5.97 Å². The lowest BCUT2D eigenvalue weighted by Crippen LogP contribution is -2.44. The molecule has 0 bridgehead atoms. The third-order valence-electron chi connectivity index (χ3n) is 4.41. The molecule has 1 unspecified atom stereocenters. The first kappa shape index (κ1) is 20.9. The Morgan fingerprint density at radius 1 is 1.37 bits per heavy atom. The molecule has 0 radical (unpaired) electrons. The molecule has 0 aliphatic carbocycles. The van der Waals surface area contributed by atoms with E-state index in [9.17, 15) is 13.6 Å². The summed E-state index contributed by atoms with van der Waals surface area (Å²) in [6.07, 6.45) is 2.76. The summed E-state index contributed by atoms with van der Waals surface area (Å²) in [6, 6.07) is 3.80. The van der Waals surface area contributed by atoms with Crippen molar-refractivity contribution in [1.82, 2.24) is 10.6 Å². The van der Waals surface area contributed by atoms with Crippen molar-refractivity contribution < 1.29 is 18.3 Å². The Kier molecular flexibility index (Phi) is 8.29. The van der Waals surface area contributed by atoms with Crippen LogP contribution >= 0.6 is 0 Å². The Hall–Kier alpha value is -2.38. The largest absolute Gasteiger partial charge is 0.469 e. The molecule has 8 heteroatoms. The monoisotopic (exact) mass is 382 g/mol. The van der Waals surface area contributed by atoms with Crippen molar-refractivity contribution in [1.29, 1.82) is 0 Å². The average molecular weight is 382 g/mol. The fraction of sp³-hybridized carbons (Fsp3) is 0.579. The number of hydrogen-bond acceptors (Lipinski definition) is 4. The zero-order chi connectivity index (χ0) is 19.6. The highest BCUT2D eigenvalue weighted by Crippen LogP contribution is 2.24. The smallest absolute Gasteiger partial charge is 0.305 e. The highest BCUT2D eigenvalue weighted by molar-refractivity contribution is 5.80. The molecule has 1 aromatic carbocycles. The van der Waals surface area contributed by atoms with Crippen LogP contribution in [0.1, 0.15) is 32.6 Å². The van der Waals surface area contributed by atoms with Gasteiger partial charge in [-0.15, -0.1) is 0 Å². The minimum Gasteiger partial charge on any atom is -0.469 e. The zero-order valence-corrected chi connectivity index (χ0v) is 15.9. The summed E-state index contributed by atoms with van der Waals surface area (Å²) in [7, 11) is 1.39. The summed E-state index contributed by atoms with van der Waals surface area (Å²) in [5.74, 6) is -0.606. The summed E-state index contributed by atoms with van der Waals surface area (Å²) in [5.41, 5.74) is 0.422. The second-order valence-electron chi connectivity index (χ2n) is 6.47. The predicted octanol–water partition coefficient (Wildman–Crippen LogP) is 2.44. The fourth-order valence-electron chi connectivity index (χ4n) is 3.02. The van der Waals surface area contributed by atoms with Crippen molar-refractivity contribution >= 4 is 17.6 Å². The fourth-order valence-corrected chi connectivity index (χ4v) is 3.02. The Labute approximate surface area is 159 Å². The highest BCUT2D eigenvalue weighted by atomic mass is 19.1. The van der Waals surface area contributed by atoms with Gasteiger partial charge in [0.1, 0.15) is 11.6 Å². The lowest BCUT2D eigenvalue weighted by molar-refractivity contribution is -0.140. The Balaban J connectivity index is 1.83. The van der Waals surface area contributed by atoms with Crippen LogP contribution in [0, 0.1) is 11.6 Å². The first-order valence-electron chi connectivity index (χ1n) is 9.35. The number of methoxy groups -OCH3 is 1. The molecule has 6 nitrogen and oxygen atoms in total. The van der Waals surface area contributed by atoms with E-state index in [1.807, 2.05) is 11.8 Å². The molecule has 1 aromatic rings. The molecule has 0 saturated carbocycles. The normalized spacial score (nSPS) is 17.1. The van der Waals surface area contributed by atoms with Crippen molar-refractivity contribution in [2.24, 2.45) is 4.99 Å². The molecule has 1 saturated heterocycles. The maximum atomic E-state index is 14.0. The van der Waals surface area contributed by atoms with Gasteiger partial charge in [-0.3, -0.25) is 9.79 Å². The summed E-state index contributed by atoms with van der Waals surface area (Å²) >= 11 is 0. The number of nitrogens with one attached hydrogen (secondary N) is 2. The number of aliphatic imine (C=N–C) groups is 1. The Morgan fingerprint density at radius 3 is 2.89 bits per heavy atom. The topological polar surface area (TPSA) is 66.0 Å². The molecule has 1 atom stereocenters. The summed E-state index contributed by atoms with van der Waals surface area (Å²) in [5, 5.41) is 6.57. The lowest BCUT2D eigenvalue weighted by atomic mass is 10.2. The molecule has 150 valence electrons. The van der Waals surface area contributed by atoms with Crippen LogP contribution in [0.3, 0.4) is 0 Å². The molecule has 1 heterocycles. The summed E-state index contributed by atoms with van der Waals surface area (Å²) in [4.78, 5) is 17.5. The number of ether oxygens (including phenoxy) is 1.